The van der Waals surface area contributed by atoms with Gasteiger partial charge in [-0.05, 0) is 12.1 Å². The molecule has 2 aliphatic heterocycles. The molecule has 2 unspecified atom stereocenters. The van der Waals surface area contributed by atoms with Crippen molar-refractivity contribution in [2.75, 3.05) is 13.1 Å². The largest absolute Gasteiger partial charge is 0.504 e. The third-order valence-electron chi connectivity index (χ3n) is 2.61. The summed E-state index contributed by atoms with van der Waals surface area (Å²) in [4.78, 5) is 0. The van der Waals surface area contributed by atoms with Gasteiger partial charge in [0.05, 0.1) is 0 Å². The minimum Gasteiger partial charge on any atom is -0.504 e. The summed E-state index contributed by atoms with van der Waals surface area (Å²) in [6, 6.07) is 5.16. The summed E-state index contributed by atoms with van der Waals surface area (Å²) in [6.45, 7) is 1.58. The quantitative estimate of drug-likeness (QED) is 0.630. The summed E-state index contributed by atoms with van der Waals surface area (Å²) in [5, 5.41) is 12.7. The van der Waals surface area contributed by atoms with Gasteiger partial charge in [-0.3, -0.25) is 0 Å². The van der Waals surface area contributed by atoms with Gasteiger partial charge in [-0.25, -0.2) is 0 Å². The van der Waals surface area contributed by atoms with Crippen molar-refractivity contribution >= 4 is 0 Å². The van der Waals surface area contributed by atoms with E-state index in [-0.39, 0.29) is 18.0 Å². The summed E-state index contributed by atoms with van der Waals surface area (Å²) >= 11 is 0. The van der Waals surface area contributed by atoms with Gasteiger partial charge in [-0.1, -0.05) is 6.07 Å². The summed E-state index contributed by atoms with van der Waals surface area (Å²) in [7, 11) is 0. The highest BCUT2D eigenvalue weighted by atomic mass is 16.6. The van der Waals surface area contributed by atoms with E-state index in [9.17, 15) is 5.11 Å². The average molecular weight is 193 g/mol. The van der Waals surface area contributed by atoms with Crippen molar-refractivity contribution in [3.05, 3.63) is 18.2 Å². The number of aromatic hydroxyl groups is 1. The third kappa shape index (κ3) is 1.04. The number of rotatable bonds is 0. The van der Waals surface area contributed by atoms with Crippen LogP contribution in [0.3, 0.4) is 0 Å². The van der Waals surface area contributed by atoms with Crippen molar-refractivity contribution in [3.63, 3.8) is 0 Å². The molecule has 0 bridgehead atoms. The van der Waals surface area contributed by atoms with E-state index in [0.29, 0.717) is 11.5 Å². The molecule has 14 heavy (non-hydrogen) atoms. The number of phenols is 1. The Bertz CT molecular complexity index is 366. The number of fused-ring (bicyclic) bond motifs is 2. The van der Waals surface area contributed by atoms with E-state index in [1.54, 1.807) is 12.1 Å². The lowest BCUT2D eigenvalue weighted by atomic mass is 10.2. The number of hydrogen-bond donors (Lipinski definition) is 2. The molecule has 2 N–H and O–H groups in total. The molecule has 1 saturated heterocycles. The van der Waals surface area contributed by atoms with E-state index in [1.165, 1.54) is 0 Å². The highest BCUT2D eigenvalue weighted by Gasteiger charge is 2.36. The van der Waals surface area contributed by atoms with Crippen LogP contribution in [0.15, 0.2) is 18.2 Å². The second kappa shape index (κ2) is 2.78. The van der Waals surface area contributed by atoms with Gasteiger partial charge >= 0.3 is 0 Å². The van der Waals surface area contributed by atoms with Crippen molar-refractivity contribution in [3.8, 4) is 17.2 Å². The third-order valence-corrected chi connectivity index (χ3v) is 2.61. The minimum atomic E-state index is 0.0239. The van der Waals surface area contributed by atoms with Crippen molar-refractivity contribution < 1.29 is 14.6 Å². The molecule has 0 aromatic heterocycles. The molecule has 4 nitrogen and oxygen atoms in total. The maximum Gasteiger partial charge on any atom is 0.203 e. The smallest absolute Gasteiger partial charge is 0.203 e. The van der Waals surface area contributed by atoms with Crippen LogP contribution < -0.4 is 14.8 Å². The number of phenolic OH excluding ortho intramolecular Hbond substituents is 1. The van der Waals surface area contributed by atoms with Gasteiger partial charge in [0, 0.05) is 13.1 Å². The molecule has 0 amide bonds. The van der Waals surface area contributed by atoms with Crippen LogP contribution in [0.4, 0.5) is 0 Å². The number of benzene rings is 1. The van der Waals surface area contributed by atoms with Crippen molar-refractivity contribution in [1.82, 2.24) is 5.32 Å². The number of ether oxygens (including phenoxy) is 2. The van der Waals surface area contributed by atoms with Crippen LogP contribution in [0, 0.1) is 0 Å². The van der Waals surface area contributed by atoms with Crippen molar-refractivity contribution in [2.24, 2.45) is 0 Å². The van der Waals surface area contributed by atoms with Crippen LogP contribution in [0.1, 0.15) is 0 Å². The predicted molar refractivity (Wildman–Crippen MR) is 49.8 cm³/mol. The van der Waals surface area contributed by atoms with Crippen LogP contribution in [0.25, 0.3) is 0 Å². The molecule has 1 aromatic rings. The van der Waals surface area contributed by atoms with E-state index in [0.717, 1.165) is 13.1 Å². The molecule has 0 spiro atoms. The molecule has 0 radical (unpaired) electrons. The highest BCUT2D eigenvalue weighted by molar-refractivity contribution is 5.51. The fraction of sp³-hybridized carbons (Fsp3) is 0.400. The van der Waals surface area contributed by atoms with E-state index in [2.05, 4.69) is 5.32 Å². The topological polar surface area (TPSA) is 50.7 Å². The summed E-state index contributed by atoms with van der Waals surface area (Å²) < 4.78 is 11.3. The molecule has 1 aromatic carbocycles. The zero-order valence-electron chi connectivity index (χ0n) is 7.56. The average Bonchev–Trinajstić information content (AvgIpc) is 2.62. The first-order chi connectivity index (χ1) is 6.84. The van der Waals surface area contributed by atoms with Gasteiger partial charge in [-0.15, -0.1) is 0 Å². The number of para-hydroxylation sites is 1. The summed E-state index contributed by atoms with van der Waals surface area (Å²) in [6.07, 6.45) is 0.0973. The Morgan fingerprint density at radius 1 is 1.21 bits per heavy atom. The Labute approximate surface area is 81.5 Å². The molecule has 0 aliphatic carbocycles. The Balaban J connectivity index is 2.01. The molecule has 0 saturated carbocycles. The van der Waals surface area contributed by atoms with Gasteiger partial charge in [0.2, 0.25) is 5.75 Å². The van der Waals surface area contributed by atoms with Gasteiger partial charge < -0.3 is 19.9 Å². The molecule has 2 aliphatic rings. The lowest BCUT2D eigenvalue weighted by Gasteiger charge is -2.28. The fourth-order valence-electron chi connectivity index (χ4n) is 1.90. The van der Waals surface area contributed by atoms with E-state index in [4.69, 9.17) is 9.47 Å². The van der Waals surface area contributed by atoms with Gasteiger partial charge in [0.25, 0.3) is 0 Å². The molecule has 4 heteroatoms. The molecule has 2 atom stereocenters. The Morgan fingerprint density at radius 2 is 2.00 bits per heavy atom. The molecule has 2 heterocycles. The molecular formula is C10H11NO3. The first-order valence-corrected chi connectivity index (χ1v) is 4.70. The Morgan fingerprint density at radius 3 is 2.86 bits per heavy atom. The summed E-state index contributed by atoms with van der Waals surface area (Å²) in [5.74, 6) is 1.25. The first-order valence-electron chi connectivity index (χ1n) is 4.70. The van der Waals surface area contributed by atoms with Gasteiger partial charge in [-0.2, -0.15) is 0 Å². The van der Waals surface area contributed by atoms with Crippen molar-refractivity contribution in [2.45, 2.75) is 12.2 Å². The highest BCUT2D eigenvalue weighted by Crippen LogP contribution is 2.41. The normalized spacial score (nSPS) is 28.6. The molecule has 1 fully saturated rings. The zero-order chi connectivity index (χ0) is 9.54. The Hall–Kier alpha value is -1.42. The van der Waals surface area contributed by atoms with Gasteiger partial charge in [0.15, 0.2) is 11.5 Å². The second-order valence-corrected chi connectivity index (χ2v) is 3.58. The second-order valence-electron chi connectivity index (χ2n) is 3.58. The summed E-state index contributed by atoms with van der Waals surface area (Å²) in [5.41, 5.74) is 0. The predicted octanol–water partition coefficient (Wildman–Crippen LogP) is 0.504. The fourth-order valence-corrected chi connectivity index (χ4v) is 1.90. The van der Waals surface area contributed by atoms with Crippen LogP contribution in [0.2, 0.25) is 0 Å². The van der Waals surface area contributed by atoms with Crippen LogP contribution in [-0.4, -0.2) is 30.4 Å². The van der Waals surface area contributed by atoms with Crippen LogP contribution in [0.5, 0.6) is 17.2 Å². The van der Waals surface area contributed by atoms with E-state index in [1.807, 2.05) is 6.07 Å². The molecular weight excluding hydrogens is 182 g/mol. The minimum absolute atomic E-state index is 0.0239. The Kier molecular flexibility index (Phi) is 1.58. The maximum atomic E-state index is 9.55. The first kappa shape index (κ1) is 7.94. The lowest BCUT2D eigenvalue weighted by molar-refractivity contribution is 0.0524. The maximum absolute atomic E-state index is 9.55. The van der Waals surface area contributed by atoms with E-state index < -0.39 is 0 Å². The SMILES string of the molecule is Oc1cccc2c1OC1CNCC1O2. The van der Waals surface area contributed by atoms with Gasteiger partial charge in [0.1, 0.15) is 12.2 Å². The molecule has 74 valence electrons. The number of nitrogens with one attached hydrogen (secondary N) is 1. The molecule has 3 rings (SSSR count). The van der Waals surface area contributed by atoms with E-state index >= 15 is 0 Å². The standard InChI is InChI=1S/C10H11NO3/c12-6-2-1-3-7-10(6)14-9-5-11-4-8(9)13-7/h1-3,8-9,11-12H,4-5H2. The number of hydrogen-bond acceptors (Lipinski definition) is 4. The van der Waals surface area contributed by atoms with Crippen LogP contribution >= 0.6 is 0 Å². The van der Waals surface area contributed by atoms with Crippen LogP contribution in [-0.2, 0) is 0 Å². The lowest BCUT2D eigenvalue weighted by Crippen LogP contribution is -2.38. The monoisotopic (exact) mass is 193 g/mol. The zero-order valence-corrected chi connectivity index (χ0v) is 7.56. The van der Waals surface area contributed by atoms with Crippen molar-refractivity contribution in [1.29, 1.82) is 0 Å².